The summed E-state index contributed by atoms with van der Waals surface area (Å²) in [4.78, 5) is 21.8. The van der Waals surface area contributed by atoms with Crippen molar-refractivity contribution < 1.29 is 19.4 Å². The van der Waals surface area contributed by atoms with Crippen molar-refractivity contribution in [1.82, 2.24) is 5.32 Å². The van der Waals surface area contributed by atoms with Crippen molar-refractivity contribution in [2.75, 3.05) is 6.61 Å². The zero-order valence-corrected chi connectivity index (χ0v) is 7.95. The molecule has 1 aliphatic rings. The van der Waals surface area contributed by atoms with Crippen LogP contribution in [0.4, 0.5) is 0 Å². The number of ether oxygens (including phenoxy) is 1. The molecule has 0 radical (unpaired) electrons. The summed E-state index contributed by atoms with van der Waals surface area (Å²) in [5.74, 6) is -1.41. The highest BCUT2D eigenvalue weighted by atomic mass is 16.5. The molecule has 0 bridgehead atoms. The van der Waals surface area contributed by atoms with Crippen LogP contribution >= 0.6 is 0 Å². The number of carbonyl (C=O) groups excluding carboxylic acids is 1. The molecule has 5 heteroatoms. The van der Waals surface area contributed by atoms with E-state index in [1.807, 2.05) is 0 Å². The van der Waals surface area contributed by atoms with Gasteiger partial charge in [0.05, 0.1) is 18.4 Å². The van der Waals surface area contributed by atoms with E-state index in [9.17, 15) is 9.59 Å². The second-order valence-electron chi connectivity index (χ2n) is 3.15. The van der Waals surface area contributed by atoms with Crippen LogP contribution in [0.3, 0.4) is 0 Å². The maximum absolute atomic E-state index is 11.4. The molecule has 1 atom stereocenters. The second kappa shape index (κ2) is 4.64. The van der Waals surface area contributed by atoms with Crippen LogP contribution in [-0.4, -0.2) is 29.6 Å². The number of nitrogens with one attached hydrogen (secondary N) is 1. The van der Waals surface area contributed by atoms with Crippen molar-refractivity contribution in [2.24, 2.45) is 0 Å². The molecule has 78 valence electrons. The van der Waals surface area contributed by atoms with Crippen LogP contribution in [-0.2, 0) is 14.3 Å². The SMILES string of the molecule is C[C@@H](NC(=O)C1=COCCC1)C(=O)O. The van der Waals surface area contributed by atoms with Gasteiger partial charge in [-0.3, -0.25) is 9.59 Å². The van der Waals surface area contributed by atoms with Crippen molar-refractivity contribution in [1.29, 1.82) is 0 Å². The van der Waals surface area contributed by atoms with Gasteiger partial charge < -0.3 is 15.2 Å². The van der Waals surface area contributed by atoms with Gasteiger partial charge in [-0.1, -0.05) is 0 Å². The van der Waals surface area contributed by atoms with E-state index in [2.05, 4.69) is 5.32 Å². The quantitative estimate of drug-likeness (QED) is 0.684. The van der Waals surface area contributed by atoms with Gasteiger partial charge >= 0.3 is 5.97 Å². The first-order valence-electron chi connectivity index (χ1n) is 4.45. The lowest BCUT2D eigenvalue weighted by Gasteiger charge is -2.15. The lowest BCUT2D eigenvalue weighted by atomic mass is 10.1. The molecule has 1 aliphatic heterocycles. The number of carboxylic acid groups (broad SMARTS) is 1. The van der Waals surface area contributed by atoms with Crippen LogP contribution in [0.1, 0.15) is 19.8 Å². The minimum Gasteiger partial charge on any atom is -0.501 e. The molecule has 0 aromatic rings. The van der Waals surface area contributed by atoms with E-state index in [1.54, 1.807) is 0 Å². The minimum absolute atomic E-state index is 0.361. The first-order chi connectivity index (χ1) is 6.61. The van der Waals surface area contributed by atoms with Crippen LogP contribution in [0.25, 0.3) is 0 Å². The Kier molecular flexibility index (Phi) is 3.50. The molecule has 0 aliphatic carbocycles. The zero-order chi connectivity index (χ0) is 10.6. The van der Waals surface area contributed by atoms with Crippen molar-refractivity contribution in [3.8, 4) is 0 Å². The van der Waals surface area contributed by atoms with Gasteiger partial charge in [0.15, 0.2) is 0 Å². The molecule has 1 amide bonds. The summed E-state index contributed by atoms with van der Waals surface area (Å²) < 4.78 is 4.97. The van der Waals surface area contributed by atoms with Gasteiger partial charge in [0.1, 0.15) is 6.04 Å². The van der Waals surface area contributed by atoms with Crippen LogP contribution in [0.5, 0.6) is 0 Å². The predicted molar refractivity (Wildman–Crippen MR) is 48.5 cm³/mol. The molecule has 1 heterocycles. The summed E-state index contributed by atoms with van der Waals surface area (Å²) in [7, 11) is 0. The van der Waals surface area contributed by atoms with E-state index in [0.29, 0.717) is 18.6 Å². The Hall–Kier alpha value is -1.52. The Morgan fingerprint density at radius 2 is 2.36 bits per heavy atom. The van der Waals surface area contributed by atoms with Gasteiger partial charge in [-0.2, -0.15) is 0 Å². The number of carbonyl (C=O) groups is 2. The summed E-state index contributed by atoms with van der Waals surface area (Å²) in [5.41, 5.74) is 0.504. The number of carboxylic acids is 1. The molecule has 0 aromatic carbocycles. The van der Waals surface area contributed by atoms with Crippen LogP contribution in [0, 0.1) is 0 Å². The van der Waals surface area contributed by atoms with Gasteiger partial charge in [-0.15, -0.1) is 0 Å². The zero-order valence-electron chi connectivity index (χ0n) is 7.95. The first-order valence-corrected chi connectivity index (χ1v) is 4.45. The summed E-state index contributed by atoms with van der Waals surface area (Å²) in [5, 5.41) is 10.9. The van der Waals surface area contributed by atoms with E-state index < -0.39 is 12.0 Å². The van der Waals surface area contributed by atoms with Gasteiger partial charge in [0.2, 0.25) is 0 Å². The molecular formula is C9H13NO4. The third-order valence-corrected chi connectivity index (χ3v) is 1.94. The van der Waals surface area contributed by atoms with Crippen molar-refractivity contribution in [3.63, 3.8) is 0 Å². The van der Waals surface area contributed by atoms with Gasteiger partial charge in [-0.05, 0) is 19.8 Å². The maximum Gasteiger partial charge on any atom is 0.325 e. The normalized spacial score (nSPS) is 17.6. The summed E-state index contributed by atoms with van der Waals surface area (Å²) in [6, 6.07) is -0.870. The molecule has 1 rings (SSSR count). The molecule has 5 nitrogen and oxygen atoms in total. The number of rotatable bonds is 3. The average molecular weight is 199 g/mol. The highest BCUT2D eigenvalue weighted by Crippen LogP contribution is 2.11. The predicted octanol–water partition coefficient (Wildman–Crippen LogP) is 0.270. The molecule has 0 spiro atoms. The highest BCUT2D eigenvalue weighted by molar-refractivity contribution is 5.95. The van der Waals surface area contributed by atoms with Crippen LogP contribution < -0.4 is 5.32 Å². The number of amides is 1. The summed E-state index contributed by atoms with van der Waals surface area (Å²) in [6.45, 7) is 2.04. The van der Waals surface area contributed by atoms with Crippen molar-refractivity contribution in [3.05, 3.63) is 11.8 Å². The van der Waals surface area contributed by atoms with E-state index >= 15 is 0 Å². The third kappa shape index (κ3) is 2.76. The van der Waals surface area contributed by atoms with Gasteiger partial charge in [0, 0.05) is 0 Å². The molecular weight excluding hydrogens is 186 g/mol. The average Bonchev–Trinajstić information content (AvgIpc) is 2.19. The Morgan fingerprint density at radius 1 is 1.64 bits per heavy atom. The molecule has 0 saturated carbocycles. The van der Waals surface area contributed by atoms with Gasteiger partial charge in [0.25, 0.3) is 5.91 Å². The Labute approximate surface area is 81.7 Å². The van der Waals surface area contributed by atoms with E-state index in [-0.39, 0.29) is 5.91 Å². The fourth-order valence-electron chi connectivity index (χ4n) is 1.08. The van der Waals surface area contributed by atoms with E-state index in [1.165, 1.54) is 13.2 Å². The number of aliphatic carboxylic acids is 1. The lowest BCUT2D eigenvalue weighted by molar-refractivity contribution is -0.140. The third-order valence-electron chi connectivity index (χ3n) is 1.94. The van der Waals surface area contributed by atoms with E-state index in [4.69, 9.17) is 9.84 Å². The van der Waals surface area contributed by atoms with Crippen molar-refractivity contribution >= 4 is 11.9 Å². The Bertz CT molecular complexity index is 272. The minimum atomic E-state index is -1.05. The smallest absolute Gasteiger partial charge is 0.325 e. The molecule has 0 saturated heterocycles. The summed E-state index contributed by atoms with van der Waals surface area (Å²) >= 11 is 0. The largest absolute Gasteiger partial charge is 0.501 e. The molecule has 14 heavy (non-hydrogen) atoms. The molecule has 0 fully saturated rings. The van der Waals surface area contributed by atoms with Gasteiger partial charge in [-0.25, -0.2) is 0 Å². The Morgan fingerprint density at radius 3 is 2.86 bits per heavy atom. The van der Waals surface area contributed by atoms with Crippen molar-refractivity contribution in [2.45, 2.75) is 25.8 Å². The number of hydrogen-bond donors (Lipinski definition) is 2. The van der Waals surface area contributed by atoms with Crippen LogP contribution in [0.15, 0.2) is 11.8 Å². The molecule has 2 N–H and O–H groups in total. The fraction of sp³-hybridized carbons (Fsp3) is 0.556. The maximum atomic E-state index is 11.4. The monoisotopic (exact) mass is 199 g/mol. The Balaban J connectivity index is 2.49. The highest BCUT2D eigenvalue weighted by Gasteiger charge is 2.18. The fourth-order valence-corrected chi connectivity index (χ4v) is 1.08. The molecule has 0 unspecified atom stereocenters. The molecule has 0 aromatic heterocycles. The number of hydrogen-bond acceptors (Lipinski definition) is 3. The van der Waals surface area contributed by atoms with E-state index in [0.717, 1.165) is 6.42 Å². The topological polar surface area (TPSA) is 75.6 Å². The summed E-state index contributed by atoms with van der Waals surface area (Å²) in [6.07, 6.45) is 2.83. The first kappa shape index (κ1) is 10.6. The second-order valence-corrected chi connectivity index (χ2v) is 3.15. The standard InChI is InChI=1S/C9H13NO4/c1-6(9(12)13)10-8(11)7-3-2-4-14-5-7/h5-6H,2-4H2,1H3,(H,10,11)(H,12,13)/t6-/m1/s1. The van der Waals surface area contributed by atoms with Crippen LogP contribution in [0.2, 0.25) is 0 Å². The lowest BCUT2D eigenvalue weighted by Crippen LogP contribution is -2.39.